The number of nitrogens with zero attached hydrogens (tertiary/aromatic N) is 1. The highest BCUT2D eigenvalue weighted by atomic mass is 19.4. The summed E-state index contributed by atoms with van der Waals surface area (Å²) in [7, 11) is 0. The molecule has 0 amide bonds. The molecule has 10 heteroatoms. The van der Waals surface area contributed by atoms with Gasteiger partial charge in [-0.3, -0.25) is 19.7 Å². The Morgan fingerprint density at radius 2 is 1.96 bits per heavy atom. The van der Waals surface area contributed by atoms with Gasteiger partial charge in [0.1, 0.15) is 11.7 Å². The molecule has 130 valence electrons. The number of carboxylic acids is 1. The van der Waals surface area contributed by atoms with E-state index >= 15 is 0 Å². The van der Waals surface area contributed by atoms with Crippen molar-refractivity contribution in [2.24, 2.45) is 5.92 Å². The van der Waals surface area contributed by atoms with Crippen molar-refractivity contribution in [3.63, 3.8) is 0 Å². The Hall–Kier alpha value is -2.52. The average Bonchev–Trinajstić information content (AvgIpc) is 2.86. The van der Waals surface area contributed by atoms with Crippen LogP contribution in [0.15, 0.2) is 12.1 Å². The maximum absolute atomic E-state index is 13.6. The molecule has 0 saturated heterocycles. The van der Waals surface area contributed by atoms with E-state index in [-0.39, 0.29) is 18.3 Å². The fourth-order valence-corrected chi connectivity index (χ4v) is 3.12. The van der Waals surface area contributed by atoms with Gasteiger partial charge in [-0.15, -0.1) is 0 Å². The maximum Gasteiger partial charge on any atom is 0.423 e. The smallest absolute Gasteiger partial charge is 0.423 e. The van der Waals surface area contributed by atoms with Gasteiger partial charge in [0.15, 0.2) is 6.29 Å². The van der Waals surface area contributed by atoms with Gasteiger partial charge in [-0.2, -0.15) is 13.2 Å². The van der Waals surface area contributed by atoms with Gasteiger partial charge in [0, 0.05) is 17.5 Å². The summed E-state index contributed by atoms with van der Waals surface area (Å²) in [6.07, 6.45) is -7.69. The third-order valence-electron chi connectivity index (χ3n) is 4.08. The maximum atomic E-state index is 13.6. The number of aliphatic carboxylic acids is 1. The first kappa shape index (κ1) is 17.8. The Bertz CT molecular complexity index is 703. The highest BCUT2D eigenvalue weighted by Gasteiger charge is 2.46. The standard InChI is InChI=1S/C14H11F4NO5/c15-6-3-8(9(4-6)13(21)22)7-1-2-11(19(23)24)12(10(7)5-20)14(16,17)18/h1-2,5-6,8-9H,3-4H2,(H,21,22)/t6-,8?,9+/m0/s1. The summed E-state index contributed by atoms with van der Waals surface area (Å²) in [4.78, 5) is 32.0. The summed E-state index contributed by atoms with van der Waals surface area (Å²) < 4.78 is 53.2. The van der Waals surface area contributed by atoms with Gasteiger partial charge in [-0.05, 0) is 18.4 Å². The van der Waals surface area contributed by atoms with Crippen molar-refractivity contribution < 1.29 is 37.2 Å². The number of aldehydes is 1. The molecule has 2 rings (SSSR count). The minimum Gasteiger partial charge on any atom is -0.481 e. The number of carbonyl (C=O) groups is 2. The minimum atomic E-state index is -5.19. The van der Waals surface area contributed by atoms with E-state index in [0.29, 0.717) is 6.07 Å². The van der Waals surface area contributed by atoms with Crippen molar-refractivity contribution in [2.45, 2.75) is 31.1 Å². The van der Waals surface area contributed by atoms with Crippen LogP contribution in [0.4, 0.5) is 23.2 Å². The summed E-state index contributed by atoms with van der Waals surface area (Å²) in [5.41, 5.74) is -4.40. The SMILES string of the molecule is O=Cc1c(C2C[C@H](F)C[C@H]2C(=O)O)ccc([N+](=O)[O-])c1C(F)(F)F. The Morgan fingerprint density at radius 1 is 1.33 bits per heavy atom. The number of carbonyl (C=O) groups excluding carboxylic acids is 1. The average molecular weight is 349 g/mol. The van der Waals surface area contributed by atoms with Crippen LogP contribution in [-0.2, 0) is 11.0 Å². The topological polar surface area (TPSA) is 97.5 Å². The molecule has 1 fully saturated rings. The number of halogens is 4. The number of rotatable bonds is 4. The normalized spacial score (nSPS) is 23.9. The Morgan fingerprint density at radius 3 is 2.42 bits per heavy atom. The summed E-state index contributed by atoms with van der Waals surface area (Å²) in [5.74, 6) is -3.87. The van der Waals surface area contributed by atoms with E-state index in [4.69, 9.17) is 5.11 Å². The minimum absolute atomic E-state index is 0.199. The lowest BCUT2D eigenvalue weighted by molar-refractivity contribution is -0.388. The van der Waals surface area contributed by atoms with E-state index in [1.54, 1.807) is 0 Å². The lowest BCUT2D eigenvalue weighted by Gasteiger charge is -2.20. The van der Waals surface area contributed by atoms with Gasteiger partial charge in [0.2, 0.25) is 0 Å². The second kappa shape index (κ2) is 6.17. The molecule has 3 atom stereocenters. The van der Waals surface area contributed by atoms with Gasteiger partial charge in [0.25, 0.3) is 5.69 Å². The van der Waals surface area contributed by atoms with E-state index in [9.17, 15) is 37.3 Å². The van der Waals surface area contributed by atoms with Crippen LogP contribution in [0.2, 0.25) is 0 Å². The molecule has 1 aliphatic carbocycles. The molecule has 1 N–H and O–H groups in total. The summed E-state index contributed by atoms with van der Waals surface area (Å²) in [6, 6.07) is 1.46. The quantitative estimate of drug-likeness (QED) is 0.389. The van der Waals surface area contributed by atoms with Gasteiger partial charge in [-0.1, -0.05) is 6.07 Å². The van der Waals surface area contributed by atoms with E-state index in [1.807, 2.05) is 0 Å². The lowest BCUT2D eigenvalue weighted by atomic mass is 9.84. The number of nitro benzene ring substituents is 1. The molecule has 1 unspecified atom stereocenters. The molecule has 0 aliphatic heterocycles. The summed E-state index contributed by atoms with van der Waals surface area (Å²) >= 11 is 0. The highest BCUT2D eigenvalue weighted by molar-refractivity contribution is 5.84. The number of benzene rings is 1. The molecule has 24 heavy (non-hydrogen) atoms. The van der Waals surface area contributed by atoms with Crippen LogP contribution in [0, 0.1) is 16.0 Å². The monoisotopic (exact) mass is 349 g/mol. The van der Waals surface area contributed by atoms with Crippen LogP contribution in [0.1, 0.15) is 40.2 Å². The zero-order valence-electron chi connectivity index (χ0n) is 11.9. The van der Waals surface area contributed by atoms with Gasteiger partial charge < -0.3 is 5.11 Å². The number of hydrogen-bond donors (Lipinski definition) is 1. The molecule has 6 nitrogen and oxygen atoms in total. The third kappa shape index (κ3) is 3.08. The van der Waals surface area contributed by atoms with Gasteiger partial charge in [-0.25, -0.2) is 4.39 Å². The van der Waals surface area contributed by atoms with Crippen molar-refractivity contribution in [3.8, 4) is 0 Å². The zero-order valence-corrected chi connectivity index (χ0v) is 11.9. The van der Waals surface area contributed by atoms with E-state index in [0.717, 1.165) is 6.07 Å². The van der Waals surface area contributed by atoms with E-state index in [1.165, 1.54) is 0 Å². The Balaban J connectivity index is 2.70. The first-order valence-electron chi connectivity index (χ1n) is 6.78. The van der Waals surface area contributed by atoms with Crippen LogP contribution in [0.25, 0.3) is 0 Å². The van der Waals surface area contributed by atoms with Crippen LogP contribution in [0.5, 0.6) is 0 Å². The molecule has 1 aliphatic rings. The Kier molecular flexibility index (Phi) is 4.59. The zero-order chi connectivity index (χ0) is 18.2. The molecule has 1 aromatic carbocycles. The van der Waals surface area contributed by atoms with Crippen molar-refractivity contribution >= 4 is 17.9 Å². The first-order valence-corrected chi connectivity index (χ1v) is 6.78. The fraction of sp³-hybridized carbons (Fsp3) is 0.429. The molecular weight excluding hydrogens is 338 g/mol. The number of carboxylic acid groups (broad SMARTS) is 1. The molecule has 0 radical (unpaired) electrons. The van der Waals surface area contributed by atoms with Crippen LogP contribution in [-0.4, -0.2) is 28.5 Å². The summed E-state index contributed by atoms with van der Waals surface area (Å²) in [5, 5.41) is 19.9. The first-order chi connectivity index (χ1) is 11.1. The number of nitro groups is 1. The van der Waals surface area contributed by atoms with Crippen molar-refractivity contribution in [1.82, 2.24) is 0 Å². The molecule has 0 heterocycles. The highest BCUT2D eigenvalue weighted by Crippen LogP contribution is 2.46. The molecule has 1 aromatic rings. The molecule has 0 spiro atoms. The number of alkyl halides is 4. The van der Waals surface area contributed by atoms with E-state index < -0.39 is 58.3 Å². The van der Waals surface area contributed by atoms with E-state index in [2.05, 4.69) is 0 Å². The summed E-state index contributed by atoms with van der Waals surface area (Å²) in [6.45, 7) is 0. The van der Waals surface area contributed by atoms with Crippen molar-refractivity contribution in [3.05, 3.63) is 38.9 Å². The van der Waals surface area contributed by atoms with Crippen LogP contribution >= 0.6 is 0 Å². The predicted molar refractivity (Wildman–Crippen MR) is 71.5 cm³/mol. The van der Waals surface area contributed by atoms with Crippen molar-refractivity contribution in [2.75, 3.05) is 0 Å². The molecule has 0 bridgehead atoms. The van der Waals surface area contributed by atoms with Gasteiger partial charge in [0.05, 0.1) is 10.8 Å². The van der Waals surface area contributed by atoms with Crippen LogP contribution in [0.3, 0.4) is 0 Å². The second-order valence-corrected chi connectivity index (χ2v) is 5.46. The van der Waals surface area contributed by atoms with Crippen LogP contribution < -0.4 is 0 Å². The lowest BCUT2D eigenvalue weighted by Crippen LogP contribution is -2.20. The molecular formula is C14H11F4NO5. The third-order valence-corrected chi connectivity index (χ3v) is 4.08. The predicted octanol–water partition coefficient (Wildman–Crippen LogP) is 3.34. The van der Waals surface area contributed by atoms with Crippen molar-refractivity contribution in [1.29, 1.82) is 0 Å². The molecule has 0 aromatic heterocycles. The fourth-order valence-electron chi connectivity index (χ4n) is 3.12. The molecule has 1 saturated carbocycles. The van der Waals surface area contributed by atoms with Gasteiger partial charge >= 0.3 is 12.1 Å². The second-order valence-electron chi connectivity index (χ2n) is 5.46. The largest absolute Gasteiger partial charge is 0.481 e. The Labute approximate surface area is 132 Å². The number of hydrogen-bond acceptors (Lipinski definition) is 4.